The van der Waals surface area contributed by atoms with Crippen LogP contribution >= 0.6 is 0 Å². The third-order valence-electron chi connectivity index (χ3n) is 12.5. The monoisotopic (exact) mass is 1320 g/mol. The second-order valence-electron chi connectivity index (χ2n) is 20.4. The van der Waals surface area contributed by atoms with Gasteiger partial charge in [-0.25, -0.2) is 4.98 Å². The molecule has 0 unspecified atom stereocenters. The quantitative estimate of drug-likeness (QED) is 0.0684. The minimum absolute atomic E-state index is 0.0842. The van der Waals surface area contributed by atoms with Crippen LogP contribution in [-0.4, -0.2) is 303 Å². The lowest BCUT2D eigenvalue weighted by atomic mass is 10.1. The standard InChI is InChI=1S/C63H113N7O22/c1-4-5-6-58-67-60-61(63(92-55(2)3)69-68-62(60)65)70(58)54-57-9-7-56(8-10-57)53-66-59(71)11-13-72-15-17-74-19-21-76-23-25-78-27-29-80-31-33-82-35-37-84-39-41-86-43-45-88-47-49-90-51-52-91-50-48-89-46-44-87-42-40-85-38-36-83-34-32-81-30-28-79-26-24-77-22-20-75-18-16-73-14-12-64/h7-10,55H,4-6,11-54,64H2,1-3H3,(H2,65,68)(H,66,71). The van der Waals surface area contributed by atoms with Gasteiger partial charge in [-0.3, -0.25) is 4.79 Å². The van der Waals surface area contributed by atoms with Crippen molar-refractivity contribution in [3.05, 3.63) is 41.2 Å². The molecule has 0 bridgehead atoms. The summed E-state index contributed by atoms with van der Waals surface area (Å²) in [5.74, 6) is 1.53. The van der Waals surface area contributed by atoms with Gasteiger partial charge >= 0.3 is 0 Å². The lowest BCUT2D eigenvalue weighted by Crippen LogP contribution is -2.24. The highest BCUT2D eigenvalue weighted by Crippen LogP contribution is 2.30. The van der Waals surface area contributed by atoms with E-state index in [4.69, 9.17) is 116 Å². The summed E-state index contributed by atoms with van der Waals surface area (Å²) < 4.78 is 118. The van der Waals surface area contributed by atoms with Crippen molar-refractivity contribution in [3.63, 3.8) is 0 Å². The molecule has 0 fully saturated rings. The first-order valence-corrected chi connectivity index (χ1v) is 32.7. The SMILES string of the molecule is CCCCc1nc2c(N)nnc(OC(C)C)c2n1Cc1ccc(CNC(=O)CCOCCOCCOCCOCCOCCOCCOCCOCCOCCOCCOCCOCCOCCOCCOCCOCCOCCOCCOCCOCCN)cc1. The molecule has 92 heavy (non-hydrogen) atoms. The Morgan fingerprint density at radius 2 is 0.728 bits per heavy atom. The third kappa shape index (κ3) is 47.0. The molecule has 3 aromatic rings. The van der Waals surface area contributed by atoms with Gasteiger partial charge in [-0.15, -0.1) is 10.2 Å². The van der Waals surface area contributed by atoms with E-state index in [1.807, 2.05) is 26.0 Å². The molecule has 0 radical (unpaired) electrons. The average molecular weight is 1320 g/mol. The first-order valence-electron chi connectivity index (χ1n) is 32.7. The number of nitrogens with two attached hydrogens (primary N) is 2. The van der Waals surface area contributed by atoms with E-state index in [1.54, 1.807) is 0 Å². The third-order valence-corrected chi connectivity index (χ3v) is 12.5. The molecule has 0 atom stereocenters. The highest BCUT2D eigenvalue weighted by molar-refractivity contribution is 5.88. The van der Waals surface area contributed by atoms with Gasteiger partial charge in [0.1, 0.15) is 16.9 Å². The zero-order valence-electron chi connectivity index (χ0n) is 55.5. The molecule has 0 aliphatic carbocycles. The van der Waals surface area contributed by atoms with Crippen molar-refractivity contribution in [2.24, 2.45) is 5.73 Å². The van der Waals surface area contributed by atoms with Crippen molar-refractivity contribution in [2.75, 3.05) is 277 Å². The number of nitrogens with one attached hydrogen (secondary N) is 1. The number of nitrogen functional groups attached to an aromatic ring is 1. The van der Waals surface area contributed by atoms with Crippen LogP contribution in [0.1, 0.15) is 57.0 Å². The van der Waals surface area contributed by atoms with E-state index in [9.17, 15) is 4.79 Å². The molecule has 0 aliphatic rings. The summed E-state index contributed by atoms with van der Waals surface area (Å²) in [5.41, 5.74) is 15.0. The van der Waals surface area contributed by atoms with Crippen LogP contribution in [0.4, 0.5) is 5.82 Å². The number of aryl methyl sites for hydroxylation is 1. The van der Waals surface area contributed by atoms with Gasteiger partial charge in [-0.2, -0.15) is 0 Å². The normalized spacial score (nSPS) is 11.8. The van der Waals surface area contributed by atoms with Gasteiger partial charge in [-0.1, -0.05) is 37.6 Å². The number of nitrogens with zero attached hydrogens (tertiary/aromatic N) is 4. The Labute approximate surface area is 545 Å². The summed E-state index contributed by atoms with van der Waals surface area (Å²) in [6.07, 6.45) is 3.00. The van der Waals surface area contributed by atoms with Crippen molar-refractivity contribution in [1.82, 2.24) is 25.1 Å². The predicted octanol–water partition coefficient (Wildman–Crippen LogP) is 2.88. The lowest BCUT2D eigenvalue weighted by Gasteiger charge is -2.14. The number of benzene rings is 1. The Kier molecular flexibility index (Phi) is 55.3. The number of carbonyl (C=O) groups is 1. The molecule has 29 heteroatoms. The first-order chi connectivity index (χ1) is 45.4. The number of amides is 1. The maximum atomic E-state index is 12.5. The van der Waals surface area contributed by atoms with Gasteiger partial charge in [-0.05, 0) is 31.4 Å². The van der Waals surface area contributed by atoms with Crippen LogP contribution in [0.3, 0.4) is 0 Å². The van der Waals surface area contributed by atoms with Gasteiger partial charge in [0.2, 0.25) is 5.91 Å². The molecule has 1 aromatic carbocycles. The van der Waals surface area contributed by atoms with Gasteiger partial charge in [0, 0.05) is 32.5 Å². The van der Waals surface area contributed by atoms with E-state index >= 15 is 0 Å². The number of hydrogen-bond acceptors (Lipinski definition) is 27. The summed E-state index contributed by atoms with van der Waals surface area (Å²) in [7, 11) is 0. The van der Waals surface area contributed by atoms with Crippen LogP contribution < -0.4 is 21.5 Å². The Balaban J connectivity index is 0.922. The predicted molar refractivity (Wildman–Crippen MR) is 342 cm³/mol. The van der Waals surface area contributed by atoms with E-state index in [2.05, 4.69) is 39.1 Å². The highest BCUT2D eigenvalue weighted by Gasteiger charge is 2.21. The molecule has 0 saturated heterocycles. The average Bonchev–Trinajstić information content (AvgIpc) is 1.62. The summed E-state index contributed by atoms with van der Waals surface area (Å²) in [4.78, 5) is 17.3. The number of fused-ring (bicyclic) bond motifs is 1. The zero-order chi connectivity index (χ0) is 65.5. The van der Waals surface area contributed by atoms with Crippen LogP contribution in [0, 0.1) is 0 Å². The summed E-state index contributed by atoms with van der Waals surface area (Å²) in [6, 6.07) is 8.14. The largest absolute Gasteiger partial charge is 0.472 e. The number of aromatic nitrogens is 4. The van der Waals surface area contributed by atoms with Crippen molar-refractivity contribution >= 4 is 22.8 Å². The van der Waals surface area contributed by atoms with Crippen molar-refractivity contribution in [1.29, 1.82) is 0 Å². The summed E-state index contributed by atoms with van der Waals surface area (Å²) in [5, 5.41) is 11.3. The Hall–Kier alpha value is -4.00. The van der Waals surface area contributed by atoms with Gasteiger partial charge in [0.25, 0.3) is 5.88 Å². The molecule has 1 amide bonds. The molecular weight excluding hydrogens is 1210 g/mol. The Bertz CT molecular complexity index is 2110. The minimum atomic E-state index is -0.0860. The maximum absolute atomic E-state index is 12.5. The van der Waals surface area contributed by atoms with Crippen molar-refractivity contribution < 1.29 is 104 Å². The second-order valence-corrected chi connectivity index (χ2v) is 20.4. The Morgan fingerprint density at radius 3 is 1.02 bits per heavy atom. The van der Waals surface area contributed by atoms with Crippen LogP contribution in [0.15, 0.2) is 24.3 Å². The molecule has 29 nitrogen and oxygen atoms in total. The minimum Gasteiger partial charge on any atom is -0.472 e. The molecule has 0 aliphatic heterocycles. The molecule has 5 N–H and O–H groups in total. The van der Waals surface area contributed by atoms with Crippen LogP contribution in [0.2, 0.25) is 0 Å². The Morgan fingerprint density at radius 1 is 0.435 bits per heavy atom. The molecule has 3 rings (SSSR count). The fourth-order valence-corrected chi connectivity index (χ4v) is 7.85. The highest BCUT2D eigenvalue weighted by atomic mass is 16.6. The number of imidazole rings is 1. The molecule has 2 aromatic heterocycles. The van der Waals surface area contributed by atoms with Gasteiger partial charge in [0.05, 0.1) is 270 Å². The second kappa shape index (κ2) is 61.8. The van der Waals surface area contributed by atoms with E-state index in [0.29, 0.717) is 295 Å². The number of hydrogen-bond donors (Lipinski definition) is 3. The van der Waals surface area contributed by atoms with E-state index in [0.717, 1.165) is 41.7 Å². The molecular formula is C63H113N7O22. The van der Waals surface area contributed by atoms with Crippen LogP contribution in [-0.2, 0) is 119 Å². The number of carbonyl (C=O) groups excluding carboxylic acids is 1. The molecule has 0 saturated carbocycles. The number of rotatable bonds is 71. The first kappa shape index (κ1) is 82.2. The van der Waals surface area contributed by atoms with Crippen LogP contribution in [0.5, 0.6) is 5.88 Å². The lowest BCUT2D eigenvalue weighted by molar-refractivity contribution is -0.122. The zero-order valence-corrected chi connectivity index (χ0v) is 55.5. The molecule has 0 spiro atoms. The fourth-order valence-electron chi connectivity index (χ4n) is 7.85. The van der Waals surface area contributed by atoms with Gasteiger partial charge in [0.15, 0.2) is 5.82 Å². The number of anilines is 1. The van der Waals surface area contributed by atoms with Crippen molar-refractivity contribution in [2.45, 2.75) is 65.6 Å². The number of ether oxygens (including phenoxy) is 21. The smallest absolute Gasteiger partial charge is 0.260 e. The van der Waals surface area contributed by atoms with Crippen molar-refractivity contribution in [3.8, 4) is 5.88 Å². The topological polar surface area (TPSA) is 319 Å². The van der Waals surface area contributed by atoms with Crippen LogP contribution in [0.25, 0.3) is 11.0 Å². The van der Waals surface area contributed by atoms with E-state index < -0.39 is 0 Å². The molecule has 532 valence electrons. The van der Waals surface area contributed by atoms with Gasteiger partial charge < -0.3 is 121 Å². The number of unbranched alkanes of at least 4 members (excludes halogenated alkanes) is 1. The van der Waals surface area contributed by atoms with E-state index in [1.165, 1.54) is 0 Å². The van der Waals surface area contributed by atoms with E-state index in [-0.39, 0.29) is 24.2 Å². The summed E-state index contributed by atoms with van der Waals surface area (Å²) >= 11 is 0. The fraction of sp³-hybridized carbons (Fsp3) is 0.810. The molecule has 2 heterocycles. The maximum Gasteiger partial charge on any atom is 0.260 e. The summed E-state index contributed by atoms with van der Waals surface area (Å²) in [6.45, 7) is 26.6.